The smallest absolute Gasteiger partial charge is 0.227 e. The van der Waals surface area contributed by atoms with E-state index in [-0.39, 0.29) is 12.0 Å². The van der Waals surface area contributed by atoms with Crippen molar-refractivity contribution < 1.29 is 19.0 Å². The third kappa shape index (κ3) is 4.14. The first-order valence-electron chi connectivity index (χ1n) is 7.86. The Kier molecular flexibility index (Phi) is 5.28. The number of hydrogen-bond donors (Lipinski definition) is 0. The molecule has 7 heteroatoms. The Hall–Kier alpha value is -2.47. The molecule has 1 aliphatic rings. The lowest BCUT2D eigenvalue weighted by Crippen LogP contribution is -2.56. The van der Waals surface area contributed by atoms with Gasteiger partial charge in [-0.05, 0) is 23.8 Å². The van der Waals surface area contributed by atoms with Crippen LogP contribution in [-0.4, -0.2) is 49.2 Å². The molecule has 132 valence electrons. The Balaban J connectivity index is 1.51. The first kappa shape index (κ1) is 17.4. The van der Waals surface area contributed by atoms with Crippen LogP contribution in [0.2, 0.25) is 5.02 Å². The summed E-state index contributed by atoms with van der Waals surface area (Å²) in [6.07, 6.45) is 1.81. The van der Waals surface area contributed by atoms with Crippen LogP contribution in [0.1, 0.15) is 5.56 Å². The molecule has 0 saturated carbocycles. The summed E-state index contributed by atoms with van der Waals surface area (Å²) < 4.78 is 16.2. The van der Waals surface area contributed by atoms with Crippen molar-refractivity contribution in [3.63, 3.8) is 0 Å². The average Bonchev–Trinajstić information content (AvgIpc) is 2.59. The first-order chi connectivity index (χ1) is 12.1. The van der Waals surface area contributed by atoms with Gasteiger partial charge in [-0.25, -0.2) is 4.98 Å². The van der Waals surface area contributed by atoms with Crippen molar-refractivity contribution in [3.05, 3.63) is 47.1 Å². The number of hydrogen-bond acceptors (Lipinski definition) is 5. The van der Waals surface area contributed by atoms with E-state index in [4.69, 9.17) is 25.8 Å². The minimum absolute atomic E-state index is 0.0389. The third-order valence-corrected chi connectivity index (χ3v) is 4.22. The zero-order chi connectivity index (χ0) is 17.8. The second-order valence-corrected chi connectivity index (χ2v) is 6.16. The van der Waals surface area contributed by atoms with Gasteiger partial charge in [0.1, 0.15) is 6.10 Å². The molecule has 1 aliphatic heterocycles. The van der Waals surface area contributed by atoms with Gasteiger partial charge in [0.2, 0.25) is 11.8 Å². The van der Waals surface area contributed by atoms with Gasteiger partial charge in [0.15, 0.2) is 11.5 Å². The van der Waals surface area contributed by atoms with E-state index >= 15 is 0 Å². The molecule has 2 aromatic rings. The first-order valence-corrected chi connectivity index (χ1v) is 8.23. The highest BCUT2D eigenvalue weighted by Gasteiger charge is 2.32. The number of ether oxygens (including phenoxy) is 3. The quantitative estimate of drug-likeness (QED) is 0.790. The van der Waals surface area contributed by atoms with Crippen LogP contribution in [-0.2, 0) is 11.2 Å². The largest absolute Gasteiger partial charge is 0.493 e. The van der Waals surface area contributed by atoms with Crippen molar-refractivity contribution in [1.82, 2.24) is 9.88 Å². The summed E-state index contributed by atoms with van der Waals surface area (Å²) in [6, 6.07) is 8.93. The lowest BCUT2D eigenvalue weighted by molar-refractivity contribution is -0.139. The van der Waals surface area contributed by atoms with Gasteiger partial charge in [-0.3, -0.25) is 4.79 Å². The summed E-state index contributed by atoms with van der Waals surface area (Å²) in [4.78, 5) is 18.2. The Morgan fingerprint density at radius 3 is 2.60 bits per heavy atom. The average molecular weight is 363 g/mol. The van der Waals surface area contributed by atoms with E-state index in [0.29, 0.717) is 41.9 Å². The number of aromatic nitrogens is 1. The molecule has 1 aromatic carbocycles. The number of pyridine rings is 1. The van der Waals surface area contributed by atoms with Gasteiger partial charge in [0.05, 0.1) is 38.8 Å². The standard InChI is InChI=1S/C18H19ClN2O4/c1-23-15-5-3-12(7-16(15)24-2)8-18(22)21-10-14(11-21)25-17-6-4-13(19)9-20-17/h3-7,9,14H,8,10-11H2,1-2H3. The van der Waals surface area contributed by atoms with Gasteiger partial charge < -0.3 is 19.1 Å². The molecular weight excluding hydrogens is 344 g/mol. The molecule has 1 aromatic heterocycles. The van der Waals surface area contributed by atoms with Crippen molar-refractivity contribution in [3.8, 4) is 17.4 Å². The van der Waals surface area contributed by atoms with Crippen LogP contribution in [0.5, 0.6) is 17.4 Å². The molecule has 3 rings (SSSR count). The number of rotatable bonds is 6. The van der Waals surface area contributed by atoms with Gasteiger partial charge in [-0.1, -0.05) is 17.7 Å². The molecule has 1 fully saturated rings. The fourth-order valence-corrected chi connectivity index (χ4v) is 2.71. The second kappa shape index (κ2) is 7.61. The zero-order valence-corrected chi connectivity index (χ0v) is 14.8. The van der Waals surface area contributed by atoms with Crippen molar-refractivity contribution in [2.45, 2.75) is 12.5 Å². The molecule has 0 aliphatic carbocycles. The van der Waals surface area contributed by atoms with E-state index in [0.717, 1.165) is 5.56 Å². The molecule has 1 amide bonds. The van der Waals surface area contributed by atoms with Crippen LogP contribution in [0, 0.1) is 0 Å². The highest BCUT2D eigenvalue weighted by molar-refractivity contribution is 6.30. The molecule has 0 spiro atoms. The van der Waals surface area contributed by atoms with Crippen LogP contribution in [0.4, 0.5) is 0 Å². The Morgan fingerprint density at radius 2 is 1.96 bits per heavy atom. The van der Waals surface area contributed by atoms with Crippen LogP contribution < -0.4 is 14.2 Å². The summed E-state index contributed by atoms with van der Waals surface area (Å²) >= 11 is 5.79. The number of halogens is 1. The van der Waals surface area contributed by atoms with Crippen LogP contribution in [0.3, 0.4) is 0 Å². The summed E-state index contributed by atoms with van der Waals surface area (Å²) in [6.45, 7) is 1.10. The Bertz CT molecular complexity index is 745. The van der Waals surface area contributed by atoms with Gasteiger partial charge in [-0.15, -0.1) is 0 Å². The number of likely N-dealkylation sites (tertiary alicyclic amines) is 1. The summed E-state index contributed by atoms with van der Waals surface area (Å²) in [7, 11) is 3.16. The summed E-state index contributed by atoms with van der Waals surface area (Å²) in [5.74, 6) is 1.83. The van der Waals surface area contributed by atoms with Gasteiger partial charge in [0, 0.05) is 12.3 Å². The van der Waals surface area contributed by atoms with Crippen LogP contribution in [0.25, 0.3) is 0 Å². The minimum Gasteiger partial charge on any atom is -0.493 e. The Labute approximate surface area is 151 Å². The second-order valence-electron chi connectivity index (χ2n) is 5.72. The zero-order valence-electron chi connectivity index (χ0n) is 14.1. The van der Waals surface area contributed by atoms with E-state index in [1.54, 1.807) is 37.3 Å². The highest BCUT2D eigenvalue weighted by Crippen LogP contribution is 2.28. The van der Waals surface area contributed by atoms with Crippen LogP contribution in [0.15, 0.2) is 36.5 Å². The van der Waals surface area contributed by atoms with Crippen molar-refractivity contribution >= 4 is 17.5 Å². The van der Waals surface area contributed by atoms with Crippen molar-refractivity contribution in [1.29, 1.82) is 0 Å². The summed E-state index contributed by atoms with van der Waals surface area (Å²) in [5.41, 5.74) is 0.881. The van der Waals surface area contributed by atoms with E-state index in [2.05, 4.69) is 4.98 Å². The number of benzene rings is 1. The molecule has 2 heterocycles. The number of nitrogens with zero attached hydrogens (tertiary/aromatic N) is 2. The molecule has 0 unspecified atom stereocenters. The van der Waals surface area contributed by atoms with Crippen molar-refractivity contribution in [2.75, 3.05) is 27.3 Å². The van der Waals surface area contributed by atoms with E-state index in [9.17, 15) is 4.79 Å². The SMILES string of the molecule is COc1ccc(CC(=O)N2CC(Oc3ccc(Cl)cn3)C2)cc1OC. The molecule has 25 heavy (non-hydrogen) atoms. The van der Waals surface area contributed by atoms with E-state index in [1.807, 2.05) is 12.1 Å². The van der Waals surface area contributed by atoms with E-state index < -0.39 is 0 Å². The molecular formula is C18H19ClN2O4. The molecule has 0 atom stereocenters. The molecule has 0 radical (unpaired) electrons. The van der Waals surface area contributed by atoms with E-state index in [1.165, 1.54) is 6.20 Å². The monoisotopic (exact) mass is 362 g/mol. The minimum atomic E-state index is -0.0389. The predicted molar refractivity (Wildman–Crippen MR) is 93.5 cm³/mol. The molecule has 6 nitrogen and oxygen atoms in total. The summed E-state index contributed by atoms with van der Waals surface area (Å²) in [5, 5.41) is 0.563. The molecule has 0 bridgehead atoms. The maximum atomic E-state index is 12.4. The number of amides is 1. The van der Waals surface area contributed by atoms with Crippen LogP contribution >= 0.6 is 11.6 Å². The molecule has 1 saturated heterocycles. The normalized spacial score (nSPS) is 14.0. The maximum Gasteiger partial charge on any atom is 0.227 e. The maximum absolute atomic E-state index is 12.4. The lowest BCUT2D eigenvalue weighted by atomic mass is 10.1. The predicted octanol–water partition coefficient (Wildman–Crippen LogP) is 2.58. The number of carbonyl (C=O) groups excluding carboxylic acids is 1. The molecule has 0 N–H and O–H groups in total. The fourth-order valence-electron chi connectivity index (χ4n) is 2.60. The highest BCUT2D eigenvalue weighted by atomic mass is 35.5. The third-order valence-electron chi connectivity index (χ3n) is 3.99. The lowest BCUT2D eigenvalue weighted by Gasteiger charge is -2.38. The number of methoxy groups -OCH3 is 2. The van der Waals surface area contributed by atoms with Crippen molar-refractivity contribution in [2.24, 2.45) is 0 Å². The van der Waals surface area contributed by atoms with Gasteiger partial charge >= 0.3 is 0 Å². The fraction of sp³-hybridized carbons (Fsp3) is 0.333. The van der Waals surface area contributed by atoms with Gasteiger partial charge in [0.25, 0.3) is 0 Å². The van der Waals surface area contributed by atoms with Gasteiger partial charge in [-0.2, -0.15) is 0 Å². The topological polar surface area (TPSA) is 60.9 Å². The Morgan fingerprint density at radius 1 is 1.20 bits per heavy atom. The number of carbonyl (C=O) groups is 1.